The highest BCUT2D eigenvalue weighted by Crippen LogP contribution is 2.18. The molecule has 0 saturated carbocycles. The first-order valence-corrected chi connectivity index (χ1v) is 6.80. The maximum Gasteiger partial charge on any atom is 0.0615 e. The van der Waals surface area contributed by atoms with Crippen molar-refractivity contribution in [3.8, 4) is 0 Å². The van der Waals surface area contributed by atoms with E-state index in [1.54, 1.807) is 13.8 Å². The second kappa shape index (κ2) is 10.7. The van der Waals surface area contributed by atoms with Crippen molar-refractivity contribution in [2.24, 2.45) is 17.3 Å². The van der Waals surface area contributed by atoms with Crippen LogP contribution in [0.5, 0.6) is 0 Å². The van der Waals surface area contributed by atoms with Gasteiger partial charge in [-0.25, -0.2) is 0 Å². The predicted octanol–water partition coefficient (Wildman–Crippen LogP) is 1.41. The highest BCUT2D eigenvalue weighted by molar-refractivity contribution is 4.71. The highest BCUT2D eigenvalue weighted by atomic mass is 16.3. The molecule has 0 spiro atoms. The predicted molar refractivity (Wildman–Crippen MR) is 74.3 cm³/mol. The summed E-state index contributed by atoms with van der Waals surface area (Å²) in [5.74, 6) is 0.358. The molecule has 3 unspecified atom stereocenters. The van der Waals surface area contributed by atoms with E-state index < -0.39 is 0 Å². The summed E-state index contributed by atoms with van der Waals surface area (Å²) in [6.07, 6.45) is 1.48. The molecule has 4 heteroatoms. The van der Waals surface area contributed by atoms with Crippen LogP contribution in [-0.4, -0.2) is 46.4 Å². The van der Waals surface area contributed by atoms with Crippen LogP contribution in [-0.2, 0) is 0 Å². The van der Waals surface area contributed by atoms with E-state index in [0.717, 1.165) is 12.8 Å². The van der Waals surface area contributed by atoms with Crippen molar-refractivity contribution < 1.29 is 20.4 Å². The first-order valence-electron chi connectivity index (χ1n) is 6.80. The van der Waals surface area contributed by atoms with Crippen LogP contribution in [0.25, 0.3) is 0 Å². The van der Waals surface area contributed by atoms with Gasteiger partial charge in [0.25, 0.3) is 0 Å². The van der Waals surface area contributed by atoms with E-state index in [-0.39, 0.29) is 37.3 Å². The quantitative estimate of drug-likeness (QED) is 0.560. The van der Waals surface area contributed by atoms with Crippen LogP contribution in [0.15, 0.2) is 0 Å². The second-order valence-corrected chi connectivity index (χ2v) is 5.71. The van der Waals surface area contributed by atoms with Crippen LogP contribution >= 0.6 is 0 Å². The number of aliphatic hydroxyl groups excluding tert-OH is 4. The zero-order valence-electron chi connectivity index (χ0n) is 12.6. The Morgan fingerprint density at radius 1 is 0.944 bits per heavy atom. The lowest BCUT2D eigenvalue weighted by Crippen LogP contribution is -2.29. The summed E-state index contributed by atoms with van der Waals surface area (Å²) in [6, 6.07) is 0. The molecule has 0 heterocycles. The molecule has 0 aliphatic carbocycles. The molecule has 3 atom stereocenters. The first-order chi connectivity index (χ1) is 8.29. The summed E-state index contributed by atoms with van der Waals surface area (Å²) in [4.78, 5) is 0. The van der Waals surface area contributed by atoms with Crippen molar-refractivity contribution in [3.63, 3.8) is 0 Å². The lowest BCUT2D eigenvalue weighted by atomic mass is 9.89. The Labute approximate surface area is 112 Å². The van der Waals surface area contributed by atoms with E-state index in [1.165, 1.54) is 0 Å². The minimum Gasteiger partial charge on any atom is -0.396 e. The fraction of sp³-hybridized carbons (Fsp3) is 1.00. The van der Waals surface area contributed by atoms with E-state index in [4.69, 9.17) is 15.3 Å². The molecule has 18 heavy (non-hydrogen) atoms. The molecule has 0 aromatic heterocycles. The Morgan fingerprint density at radius 2 is 1.39 bits per heavy atom. The summed E-state index contributed by atoms with van der Waals surface area (Å²) in [5.41, 5.74) is -0.306. The number of hydrogen-bond donors (Lipinski definition) is 4. The van der Waals surface area contributed by atoms with E-state index in [1.807, 2.05) is 13.8 Å². The fourth-order valence-electron chi connectivity index (χ4n) is 1.23. The lowest BCUT2D eigenvalue weighted by molar-refractivity contribution is 0.0253. The van der Waals surface area contributed by atoms with Gasteiger partial charge < -0.3 is 20.4 Å². The molecule has 0 fully saturated rings. The third-order valence-electron chi connectivity index (χ3n) is 3.32. The summed E-state index contributed by atoms with van der Waals surface area (Å²) in [7, 11) is 0. The van der Waals surface area contributed by atoms with Crippen LogP contribution in [0.2, 0.25) is 0 Å². The van der Waals surface area contributed by atoms with Crippen molar-refractivity contribution in [1.82, 2.24) is 0 Å². The van der Waals surface area contributed by atoms with Crippen LogP contribution in [0.4, 0.5) is 0 Å². The lowest BCUT2D eigenvalue weighted by Gasteiger charge is -2.24. The van der Waals surface area contributed by atoms with Gasteiger partial charge in [-0.1, -0.05) is 41.0 Å². The third kappa shape index (κ3) is 8.86. The largest absolute Gasteiger partial charge is 0.396 e. The SMILES string of the molecule is CC(C)(CO)CO.CCC(C)C(O)C(CC)CO. The van der Waals surface area contributed by atoms with Gasteiger partial charge in [-0.15, -0.1) is 0 Å². The molecule has 0 rings (SSSR count). The van der Waals surface area contributed by atoms with Gasteiger partial charge in [-0.3, -0.25) is 0 Å². The highest BCUT2D eigenvalue weighted by Gasteiger charge is 2.21. The van der Waals surface area contributed by atoms with Crippen molar-refractivity contribution >= 4 is 0 Å². The van der Waals surface area contributed by atoms with Gasteiger partial charge in [0.05, 0.1) is 19.3 Å². The Morgan fingerprint density at radius 3 is 1.56 bits per heavy atom. The minimum absolute atomic E-state index is 0.0451. The Kier molecular flexibility index (Phi) is 12.0. The third-order valence-corrected chi connectivity index (χ3v) is 3.32. The molecule has 0 aromatic rings. The van der Waals surface area contributed by atoms with E-state index >= 15 is 0 Å². The smallest absolute Gasteiger partial charge is 0.0615 e. The Balaban J connectivity index is 0. The maximum atomic E-state index is 9.62. The van der Waals surface area contributed by atoms with Gasteiger partial charge in [0.1, 0.15) is 0 Å². The fourth-order valence-corrected chi connectivity index (χ4v) is 1.23. The monoisotopic (exact) mass is 264 g/mol. The molecule has 0 aliphatic rings. The molecule has 112 valence electrons. The van der Waals surface area contributed by atoms with Gasteiger partial charge in [0, 0.05) is 17.9 Å². The van der Waals surface area contributed by atoms with E-state index in [9.17, 15) is 5.11 Å². The average molecular weight is 264 g/mol. The van der Waals surface area contributed by atoms with Crippen LogP contribution in [0.3, 0.4) is 0 Å². The molecular weight excluding hydrogens is 232 g/mol. The normalized spacial score (nSPS) is 16.5. The molecule has 0 aromatic carbocycles. The van der Waals surface area contributed by atoms with Gasteiger partial charge in [-0.2, -0.15) is 0 Å². The number of rotatable bonds is 7. The van der Waals surface area contributed by atoms with Crippen molar-refractivity contribution in [1.29, 1.82) is 0 Å². The van der Waals surface area contributed by atoms with Crippen LogP contribution in [0, 0.1) is 17.3 Å². The van der Waals surface area contributed by atoms with Crippen molar-refractivity contribution in [2.45, 2.75) is 53.6 Å². The first kappa shape index (κ1) is 20.2. The van der Waals surface area contributed by atoms with Gasteiger partial charge >= 0.3 is 0 Å². The van der Waals surface area contributed by atoms with E-state index in [0.29, 0.717) is 5.92 Å². The summed E-state index contributed by atoms with van der Waals surface area (Å²) < 4.78 is 0. The van der Waals surface area contributed by atoms with Gasteiger partial charge in [-0.05, 0) is 12.3 Å². The molecule has 4 N–H and O–H groups in total. The van der Waals surface area contributed by atoms with Crippen molar-refractivity contribution in [2.75, 3.05) is 19.8 Å². The average Bonchev–Trinajstić information content (AvgIpc) is 2.39. The zero-order chi connectivity index (χ0) is 14.8. The maximum absolute atomic E-state index is 9.62. The van der Waals surface area contributed by atoms with E-state index in [2.05, 4.69) is 6.92 Å². The van der Waals surface area contributed by atoms with Crippen LogP contribution < -0.4 is 0 Å². The van der Waals surface area contributed by atoms with Crippen molar-refractivity contribution in [3.05, 3.63) is 0 Å². The van der Waals surface area contributed by atoms with Gasteiger partial charge in [0.2, 0.25) is 0 Å². The molecular formula is C14H32O4. The Bertz CT molecular complexity index is 173. The standard InChI is InChI=1S/C9H20O2.C5H12O2/c1-4-7(3)9(11)8(5-2)6-10;1-5(2,3-6)4-7/h7-11H,4-6H2,1-3H3;6-7H,3-4H2,1-2H3. The number of hydrogen-bond acceptors (Lipinski definition) is 4. The topological polar surface area (TPSA) is 80.9 Å². The molecule has 0 radical (unpaired) electrons. The molecule has 4 nitrogen and oxygen atoms in total. The zero-order valence-corrected chi connectivity index (χ0v) is 12.6. The number of aliphatic hydroxyl groups is 4. The summed E-state index contributed by atoms with van der Waals surface area (Å²) in [6.45, 7) is 9.85. The molecule has 0 saturated heterocycles. The second-order valence-electron chi connectivity index (χ2n) is 5.71. The minimum atomic E-state index is -0.338. The van der Waals surface area contributed by atoms with Crippen LogP contribution in [0.1, 0.15) is 47.5 Å². The molecule has 0 amide bonds. The summed E-state index contributed by atoms with van der Waals surface area (Å²) >= 11 is 0. The molecule has 0 bridgehead atoms. The molecule has 0 aliphatic heterocycles. The summed E-state index contributed by atoms with van der Waals surface area (Å²) in [5, 5.41) is 35.4. The van der Waals surface area contributed by atoms with Gasteiger partial charge in [0.15, 0.2) is 0 Å². The Hall–Kier alpha value is -0.160.